The lowest BCUT2D eigenvalue weighted by molar-refractivity contribution is 0.176. The molecule has 0 aromatic rings. The highest BCUT2D eigenvalue weighted by molar-refractivity contribution is 6.25. The van der Waals surface area contributed by atoms with E-state index in [0.29, 0.717) is 6.61 Å². The van der Waals surface area contributed by atoms with Crippen molar-refractivity contribution in [2.75, 3.05) is 6.61 Å². The molecule has 2 nitrogen and oxygen atoms in total. The molecule has 3 heteroatoms. The Labute approximate surface area is 60.1 Å². The zero-order valence-corrected chi connectivity index (χ0v) is 6.14. The van der Waals surface area contributed by atoms with Crippen molar-refractivity contribution in [1.82, 2.24) is 0 Å². The van der Waals surface area contributed by atoms with Crippen LogP contribution in [0, 0.1) is 0 Å². The predicted molar refractivity (Wildman–Crippen MR) is 39.7 cm³/mol. The van der Waals surface area contributed by atoms with Crippen molar-refractivity contribution >= 4 is 17.8 Å². The first-order chi connectivity index (χ1) is 4.41. The molecule has 52 valence electrons. The number of rotatable bonds is 4. The lowest BCUT2D eigenvalue weighted by Crippen LogP contribution is -1.80. The molecular formula is C6H10ClNO. The van der Waals surface area contributed by atoms with Gasteiger partial charge < -0.3 is 4.84 Å². The molecule has 0 rings (SSSR count). The maximum atomic E-state index is 5.20. The maximum Gasteiger partial charge on any atom is 0.136 e. The first kappa shape index (κ1) is 8.50. The van der Waals surface area contributed by atoms with Crippen molar-refractivity contribution in [3.05, 3.63) is 11.6 Å². The van der Waals surface area contributed by atoms with E-state index in [1.54, 1.807) is 12.3 Å². The Morgan fingerprint density at radius 3 is 3.00 bits per heavy atom. The maximum absolute atomic E-state index is 5.20. The van der Waals surface area contributed by atoms with Crippen LogP contribution in [0.2, 0.25) is 0 Å². The zero-order chi connectivity index (χ0) is 6.95. The number of nitrogens with zero attached hydrogens (tertiary/aromatic N) is 1. The highest BCUT2D eigenvalue weighted by atomic mass is 35.5. The van der Waals surface area contributed by atoms with Gasteiger partial charge in [-0.2, -0.15) is 0 Å². The number of oxime groups is 1. The van der Waals surface area contributed by atoms with Crippen LogP contribution in [0.3, 0.4) is 0 Å². The van der Waals surface area contributed by atoms with E-state index < -0.39 is 0 Å². The fourth-order valence-electron chi connectivity index (χ4n) is 0.250. The van der Waals surface area contributed by atoms with Crippen molar-refractivity contribution in [3.8, 4) is 0 Å². The Bertz CT molecular complexity index is 101. The van der Waals surface area contributed by atoms with Crippen LogP contribution in [-0.4, -0.2) is 12.8 Å². The van der Waals surface area contributed by atoms with Gasteiger partial charge in [-0.15, -0.1) is 0 Å². The van der Waals surface area contributed by atoms with Gasteiger partial charge in [0.25, 0.3) is 0 Å². The second-order valence-corrected chi connectivity index (χ2v) is 1.61. The van der Waals surface area contributed by atoms with E-state index in [0.717, 1.165) is 6.42 Å². The van der Waals surface area contributed by atoms with Crippen LogP contribution in [0.5, 0.6) is 0 Å². The molecule has 0 saturated heterocycles. The zero-order valence-electron chi connectivity index (χ0n) is 5.38. The van der Waals surface area contributed by atoms with Crippen LogP contribution in [0.1, 0.15) is 13.3 Å². The third kappa shape index (κ3) is 7.50. The Morgan fingerprint density at radius 2 is 2.44 bits per heavy atom. The minimum Gasteiger partial charge on any atom is -0.392 e. The Morgan fingerprint density at radius 1 is 1.67 bits per heavy atom. The number of halogens is 1. The molecule has 0 aliphatic rings. The predicted octanol–water partition coefficient (Wildman–Crippen LogP) is 2.15. The largest absolute Gasteiger partial charge is 0.392 e. The van der Waals surface area contributed by atoms with E-state index in [9.17, 15) is 0 Å². The Kier molecular flexibility index (Phi) is 7.08. The van der Waals surface area contributed by atoms with Gasteiger partial charge in [-0.3, -0.25) is 0 Å². The van der Waals surface area contributed by atoms with E-state index in [1.807, 2.05) is 6.92 Å². The standard InChI is InChI=1S/C6H10ClNO/c1-2-5-8-9-6-3-4-7/h3-5H,2,6H2,1H3/b4-3+,8-5-. The third-order valence-electron chi connectivity index (χ3n) is 0.591. The van der Waals surface area contributed by atoms with Crippen molar-refractivity contribution < 1.29 is 4.84 Å². The van der Waals surface area contributed by atoms with Gasteiger partial charge in [-0.25, -0.2) is 0 Å². The fourth-order valence-corrected chi connectivity index (χ4v) is 0.322. The van der Waals surface area contributed by atoms with Crippen molar-refractivity contribution in [1.29, 1.82) is 0 Å². The minimum absolute atomic E-state index is 0.444. The highest BCUT2D eigenvalue weighted by Gasteiger charge is 1.71. The molecule has 0 saturated carbocycles. The molecule has 0 aromatic heterocycles. The number of hydrogen-bond donors (Lipinski definition) is 0. The van der Waals surface area contributed by atoms with Gasteiger partial charge in [0, 0.05) is 11.7 Å². The van der Waals surface area contributed by atoms with Gasteiger partial charge in [0.1, 0.15) is 6.61 Å². The summed E-state index contributed by atoms with van der Waals surface area (Å²) in [7, 11) is 0. The van der Waals surface area contributed by atoms with Crippen molar-refractivity contribution in [2.24, 2.45) is 5.16 Å². The topological polar surface area (TPSA) is 21.6 Å². The van der Waals surface area contributed by atoms with Gasteiger partial charge >= 0.3 is 0 Å². The van der Waals surface area contributed by atoms with E-state index in [4.69, 9.17) is 16.4 Å². The summed E-state index contributed by atoms with van der Waals surface area (Å²) in [4.78, 5) is 4.71. The van der Waals surface area contributed by atoms with E-state index >= 15 is 0 Å². The summed E-state index contributed by atoms with van der Waals surface area (Å²) in [5.41, 5.74) is 1.40. The smallest absolute Gasteiger partial charge is 0.136 e. The summed E-state index contributed by atoms with van der Waals surface area (Å²) < 4.78 is 0. The molecule has 9 heavy (non-hydrogen) atoms. The summed E-state index contributed by atoms with van der Waals surface area (Å²) >= 11 is 5.20. The van der Waals surface area contributed by atoms with Crippen LogP contribution in [0.25, 0.3) is 0 Å². The van der Waals surface area contributed by atoms with Crippen molar-refractivity contribution in [3.63, 3.8) is 0 Å². The normalized spacial score (nSPS) is 11.3. The summed E-state index contributed by atoms with van der Waals surface area (Å²) in [6.07, 6.45) is 4.27. The molecule has 0 bridgehead atoms. The molecule has 0 aliphatic carbocycles. The van der Waals surface area contributed by atoms with E-state index in [-0.39, 0.29) is 0 Å². The van der Waals surface area contributed by atoms with Gasteiger partial charge in [-0.1, -0.05) is 23.7 Å². The first-order valence-electron chi connectivity index (χ1n) is 2.80. The fraction of sp³-hybridized carbons (Fsp3) is 0.500. The number of hydrogen-bond acceptors (Lipinski definition) is 2. The second-order valence-electron chi connectivity index (χ2n) is 1.35. The van der Waals surface area contributed by atoms with Gasteiger partial charge in [-0.05, 0) is 12.5 Å². The molecule has 0 spiro atoms. The van der Waals surface area contributed by atoms with E-state index in [1.165, 1.54) is 5.54 Å². The quantitative estimate of drug-likeness (QED) is 0.339. The van der Waals surface area contributed by atoms with Gasteiger partial charge in [0.05, 0.1) is 0 Å². The second kappa shape index (κ2) is 7.50. The third-order valence-corrected chi connectivity index (χ3v) is 0.770. The Balaban J connectivity index is 2.99. The van der Waals surface area contributed by atoms with Crippen molar-refractivity contribution in [2.45, 2.75) is 13.3 Å². The molecule has 0 aromatic carbocycles. The average Bonchev–Trinajstić information content (AvgIpc) is 1.89. The molecule has 0 fully saturated rings. The van der Waals surface area contributed by atoms with Crippen LogP contribution < -0.4 is 0 Å². The summed E-state index contributed by atoms with van der Waals surface area (Å²) in [6, 6.07) is 0. The monoisotopic (exact) mass is 147 g/mol. The Hall–Kier alpha value is -0.500. The lowest BCUT2D eigenvalue weighted by atomic mass is 10.6. The van der Waals surface area contributed by atoms with Gasteiger partial charge in [0.15, 0.2) is 0 Å². The van der Waals surface area contributed by atoms with Crippen LogP contribution >= 0.6 is 11.6 Å². The molecule has 0 heterocycles. The van der Waals surface area contributed by atoms with E-state index in [2.05, 4.69) is 5.16 Å². The van der Waals surface area contributed by atoms with Crippen LogP contribution in [0.15, 0.2) is 16.8 Å². The van der Waals surface area contributed by atoms with Crippen LogP contribution in [-0.2, 0) is 4.84 Å². The summed E-state index contributed by atoms with van der Waals surface area (Å²) in [6.45, 7) is 2.43. The molecule has 0 atom stereocenters. The van der Waals surface area contributed by atoms with Gasteiger partial charge in [0.2, 0.25) is 0 Å². The van der Waals surface area contributed by atoms with Crippen LogP contribution in [0.4, 0.5) is 0 Å². The SMILES string of the molecule is CC/C=N\OC/C=C/Cl. The molecule has 0 amide bonds. The molecule has 0 aliphatic heterocycles. The highest BCUT2D eigenvalue weighted by Crippen LogP contribution is 1.81. The first-order valence-corrected chi connectivity index (χ1v) is 3.24. The summed E-state index contributed by atoms with van der Waals surface area (Å²) in [5.74, 6) is 0. The molecule has 0 radical (unpaired) electrons. The molecular weight excluding hydrogens is 138 g/mol. The average molecular weight is 148 g/mol. The molecule has 0 N–H and O–H groups in total. The summed E-state index contributed by atoms with van der Waals surface area (Å²) in [5, 5.41) is 3.59. The lowest BCUT2D eigenvalue weighted by Gasteiger charge is -1.88. The minimum atomic E-state index is 0.444. The molecule has 0 unspecified atom stereocenters.